The van der Waals surface area contributed by atoms with Gasteiger partial charge in [0.25, 0.3) is 0 Å². The SMILES string of the molecule is Cn1cccc1[C@H]1CCCN1Cc1cccc2cccnc12. The average molecular weight is 291 g/mol. The van der Waals surface area contributed by atoms with Crippen molar-refractivity contribution in [2.75, 3.05) is 6.54 Å². The molecule has 1 aliphatic rings. The Morgan fingerprint density at radius 2 is 2.05 bits per heavy atom. The van der Waals surface area contributed by atoms with Gasteiger partial charge in [-0.3, -0.25) is 9.88 Å². The Labute approximate surface area is 131 Å². The van der Waals surface area contributed by atoms with E-state index in [1.165, 1.54) is 36.0 Å². The Morgan fingerprint density at radius 1 is 1.14 bits per heavy atom. The predicted octanol–water partition coefficient (Wildman–Crippen LogP) is 3.91. The lowest BCUT2D eigenvalue weighted by Gasteiger charge is -2.25. The molecule has 0 saturated carbocycles. The third-order valence-corrected chi connectivity index (χ3v) is 4.78. The molecule has 0 spiro atoms. The Bertz CT molecular complexity index is 785. The fourth-order valence-electron chi connectivity index (χ4n) is 3.68. The van der Waals surface area contributed by atoms with Gasteiger partial charge in [0.15, 0.2) is 0 Å². The van der Waals surface area contributed by atoms with Crippen LogP contribution in [-0.4, -0.2) is 21.0 Å². The molecule has 1 atom stereocenters. The van der Waals surface area contributed by atoms with Gasteiger partial charge in [0.05, 0.1) is 11.6 Å². The van der Waals surface area contributed by atoms with Crippen molar-refractivity contribution in [3.8, 4) is 0 Å². The van der Waals surface area contributed by atoms with Crippen molar-refractivity contribution in [3.05, 3.63) is 66.1 Å². The van der Waals surface area contributed by atoms with Crippen LogP contribution in [0.1, 0.15) is 30.1 Å². The molecule has 0 radical (unpaired) electrons. The van der Waals surface area contributed by atoms with Crippen LogP contribution in [0.25, 0.3) is 10.9 Å². The van der Waals surface area contributed by atoms with Crippen LogP contribution in [-0.2, 0) is 13.6 Å². The van der Waals surface area contributed by atoms with Gasteiger partial charge in [0.1, 0.15) is 0 Å². The highest BCUT2D eigenvalue weighted by atomic mass is 15.2. The molecule has 3 heterocycles. The number of para-hydroxylation sites is 1. The normalized spacial score (nSPS) is 19.0. The van der Waals surface area contributed by atoms with Crippen molar-refractivity contribution in [2.24, 2.45) is 7.05 Å². The fourth-order valence-corrected chi connectivity index (χ4v) is 3.68. The van der Waals surface area contributed by atoms with Gasteiger partial charge in [-0.25, -0.2) is 0 Å². The number of pyridine rings is 1. The van der Waals surface area contributed by atoms with E-state index >= 15 is 0 Å². The molecule has 1 fully saturated rings. The maximum atomic E-state index is 4.60. The molecule has 1 aromatic carbocycles. The zero-order valence-electron chi connectivity index (χ0n) is 12.9. The van der Waals surface area contributed by atoms with Gasteiger partial charge in [0, 0.05) is 37.1 Å². The summed E-state index contributed by atoms with van der Waals surface area (Å²) in [5, 5.41) is 1.23. The third kappa shape index (κ3) is 2.32. The summed E-state index contributed by atoms with van der Waals surface area (Å²) in [6.07, 6.45) is 6.56. The van der Waals surface area contributed by atoms with Gasteiger partial charge in [-0.2, -0.15) is 0 Å². The second-order valence-electron chi connectivity index (χ2n) is 6.16. The molecule has 3 heteroatoms. The van der Waals surface area contributed by atoms with E-state index in [4.69, 9.17) is 0 Å². The van der Waals surface area contributed by atoms with E-state index in [0.717, 1.165) is 12.1 Å². The number of benzene rings is 1. The molecule has 3 aromatic rings. The number of likely N-dealkylation sites (tertiary alicyclic amines) is 1. The molecule has 0 bridgehead atoms. The molecular formula is C19H21N3. The minimum Gasteiger partial charge on any atom is -0.353 e. The molecule has 0 amide bonds. The van der Waals surface area contributed by atoms with Gasteiger partial charge in [-0.1, -0.05) is 24.3 Å². The van der Waals surface area contributed by atoms with Crippen molar-refractivity contribution < 1.29 is 0 Å². The largest absolute Gasteiger partial charge is 0.353 e. The Kier molecular flexibility index (Phi) is 3.43. The Balaban J connectivity index is 1.66. The van der Waals surface area contributed by atoms with Crippen LogP contribution >= 0.6 is 0 Å². The first kappa shape index (κ1) is 13.5. The van der Waals surface area contributed by atoms with Crippen LogP contribution in [0.2, 0.25) is 0 Å². The lowest BCUT2D eigenvalue weighted by molar-refractivity contribution is 0.242. The molecule has 0 N–H and O–H groups in total. The van der Waals surface area contributed by atoms with E-state index in [1.807, 2.05) is 12.3 Å². The fraction of sp³-hybridized carbons (Fsp3) is 0.316. The van der Waals surface area contributed by atoms with Crippen LogP contribution in [0.4, 0.5) is 0 Å². The quantitative estimate of drug-likeness (QED) is 0.729. The highest BCUT2D eigenvalue weighted by molar-refractivity contribution is 5.81. The molecule has 1 saturated heterocycles. The lowest BCUT2D eigenvalue weighted by Crippen LogP contribution is -2.24. The number of aromatic nitrogens is 2. The van der Waals surface area contributed by atoms with Crippen molar-refractivity contribution in [2.45, 2.75) is 25.4 Å². The predicted molar refractivity (Wildman–Crippen MR) is 89.5 cm³/mol. The summed E-state index contributed by atoms with van der Waals surface area (Å²) >= 11 is 0. The summed E-state index contributed by atoms with van der Waals surface area (Å²) in [6.45, 7) is 2.14. The molecule has 3 nitrogen and oxygen atoms in total. The van der Waals surface area contributed by atoms with Gasteiger partial charge in [0.2, 0.25) is 0 Å². The zero-order chi connectivity index (χ0) is 14.9. The van der Waals surface area contributed by atoms with E-state index < -0.39 is 0 Å². The van der Waals surface area contributed by atoms with Crippen LogP contribution in [0.15, 0.2) is 54.9 Å². The van der Waals surface area contributed by atoms with Crippen molar-refractivity contribution in [1.82, 2.24) is 14.5 Å². The summed E-state index contributed by atoms with van der Waals surface area (Å²) in [4.78, 5) is 7.19. The summed E-state index contributed by atoms with van der Waals surface area (Å²) < 4.78 is 2.25. The molecular weight excluding hydrogens is 270 g/mol. The number of nitrogens with zero attached hydrogens (tertiary/aromatic N) is 3. The van der Waals surface area contributed by atoms with Crippen LogP contribution < -0.4 is 0 Å². The van der Waals surface area contributed by atoms with E-state index in [1.54, 1.807) is 0 Å². The molecule has 0 aliphatic carbocycles. The summed E-state index contributed by atoms with van der Waals surface area (Å²) in [5.74, 6) is 0. The van der Waals surface area contributed by atoms with Crippen LogP contribution in [0, 0.1) is 0 Å². The molecule has 0 unspecified atom stereocenters. The minimum atomic E-state index is 0.527. The first-order chi connectivity index (χ1) is 10.8. The van der Waals surface area contributed by atoms with E-state index in [-0.39, 0.29) is 0 Å². The molecule has 112 valence electrons. The zero-order valence-corrected chi connectivity index (χ0v) is 12.9. The van der Waals surface area contributed by atoms with Gasteiger partial charge in [-0.15, -0.1) is 0 Å². The van der Waals surface area contributed by atoms with Gasteiger partial charge < -0.3 is 4.57 Å². The van der Waals surface area contributed by atoms with Crippen molar-refractivity contribution >= 4 is 10.9 Å². The molecule has 1 aliphatic heterocycles. The molecule has 22 heavy (non-hydrogen) atoms. The summed E-state index contributed by atoms with van der Waals surface area (Å²) in [6, 6.07) is 15.6. The Hall–Kier alpha value is -2.13. The topological polar surface area (TPSA) is 21.1 Å². The maximum absolute atomic E-state index is 4.60. The summed E-state index contributed by atoms with van der Waals surface area (Å²) in [7, 11) is 2.14. The second kappa shape index (κ2) is 5.58. The molecule has 2 aromatic heterocycles. The first-order valence-corrected chi connectivity index (χ1v) is 8.01. The number of rotatable bonds is 3. The minimum absolute atomic E-state index is 0.527. The van der Waals surface area contributed by atoms with E-state index in [2.05, 4.69) is 64.1 Å². The number of hydrogen-bond acceptors (Lipinski definition) is 2. The number of hydrogen-bond donors (Lipinski definition) is 0. The number of aryl methyl sites for hydroxylation is 1. The van der Waals surface area contributed by atoms with E-state index in [0.29, 0.717) is 6.04 Å². The monoisotopic (exact) mass is 291 g/mol. The maximum Gasteiger partial charge on any atom is 0.0746 e. The smallest absolute Gasteiger partial charge is 0.0746 e. The number of fused-ring (bicyclic) bond motifs is 1. The second-order valence-corrected chi connectivity index (χ2v) is 6.16. The van der Waals surface area contributed by atoms with Crippen LogP contribution in [0.5, 0.6) is 0 Å². The lowest BCUT2D eigenvalue weighted by atomic mass is 10.1. The van der Waals surface area contributed by atoms with Gasteiger partial charge in [-0.05, 0) is 43.1 Å². The van der Waals surface area contributed by atoms with Gasteiger partial charge >= 0.3 is 0 Å². The summed E-state index contributed by atoms with van der Waals surface area (Å²) in [5.41, 5.74) is 3.90. The van der Waals surface area contributed by atoms with Crippen molar-refractivity contribution in [3.63, 3.8) is 0 Å². The van der Waals surface area contributed by atoms with E-state index in [9.17, 15) is 0 Å². The third-order valence-electron chi connectivity index (χ3n) is 4.78. The highest BCUT2D eigenvalue weighted by Crippen LogP contribution is 2.33. The average Bonchev–Trinajstić information content (AvgIpc) is 3.16. The molecule has 4 rings (SSSR count). The first-order valence-electron chi connectivity index (χ1n) is 8.01. The standard InChI is InChI=1S/C19H21N3/c1-21-12-4-9-17(21)18-10-5-13-22(18)14-16-7-2-6-15-8-3-11-20-19(15)16/h2-4,6-9,11-12,18H,5,10,13-14H2,1H3/t18-/m1/s1. The Morgan fingerprint density at radius 3 is 2.91 bits per heavy atom. The van der Waals surface area contributed by atoms with Crippen LogP contribution in [0.3, 0.4) is 0 Å². The van der Waals surface area contributed by atoms with Crippen molar-refractivity contribution in [1.29, 1.82) is 0 Å². The highest BCUT2D eigenvalue weighted by Gasteiger charge is 2.27.